The second kappa shape index (κ2) is 9.97. The number of amides is 2. The predicted octanol–water partition coefficient (Wildman–Crippen LogP) is 2.44. The number of carbonyl (C=O) groups excluding carboxylic acids is 3. The molecule has 0 bridgehead atoms. The first-order valence-electron chi connectivity index (χ1n) is 8.92. The standard InChI is InChI=1S/C20H30N2O3/c1-6-15(4)18(23)20(25)22(5)17(14(2)3)19(24)21-13-12-16-10-8-7-9-11-16/h7-11,14-15,17H,6,12-13H2,1-5H3,(H,21,24)/t15-,17-/m0/s1. The van der Waals surface area contributed by atoms with Gasteiger partial charge in [-0.3, -0.25) is 14.4 Å². The van der Waals surface area contributed by atoms with Gasteiger partial charge < -0.3 is 10.2 Å². The van der Waals surface area contributed by atoms with Gasteiger partial charge in [0.05, 0.1) is 0 Å². The molecule has 0 saturated carbocycles. The van der Waals surface area contributed by atoms with Crippen molar-refractivity contribution in [3.8, 4) is 0 Å². The summed E-state index contributed by atoms with van der Waals surface area (Å²) in [5.41, 5.74) is 1.14. The van der Waals surface area contributed by atoms with Crippen molar-refractivity contribution in [2.75, 3.05) is 13.6 Å². The van der Waals surface area contributed by atoms with Gasteiger partial charge in [-0.1, -0.05) is 58.0 Å². The molecule has 0 spiro atoms. The Hall–Kier alpha value is -2.17. The Labute approximate surface area is 150 Å². The van der Waals surface area contributed by atoms with Crippen molar-refractivity contribution in [3.05, 3.63) is 35.9 Å². The molecule has 0 unspecified atom stereocenters. The molecule has 0 aromatic heterocycles. The number of benzene rings is 1. The summed E-state index contributed by atoms with van der Waals surface area (Å²) in [5, 5.41) is 2.89. The lowest BCUT2D eigenvalue weighted by Crippen LogP contribution is -2.53. The van der Waals surface area contributed by atoms with Crippen molar-refractivity contribution in [2.24, 2.45) is 11.8 Å². The van der Waals surface area contributed by atoms with Gasteiger partial charge in [-0.25, -0.2) is 0 Å². The van der Waals surface area contributed by atoms with Gasteiger partial charge in [0.25, 0.3) is 5.91 Å². The first-order chi connectivity index (χ1) is 11.8. The van der Waals surface area contributed by atoms with Crippen molar-refractivity contribution in [1.82, 2.24) is 10.2 Å². The highest BCUT2D eigenvalue weighted by Crippen LogP contribution is 2.13. The minimum atomic E-state index is -0.656. The monoisotopic (exact) mass is 346 g/mol. The van der Waals surface area contributed by atoms with Crippen molar-refractivity contribution >= 4 is 17.6 Å². The fourth-order valence-corrected chi connectivity index (χ4v) is 2.70. The number of likely N-dealkylation sites (N-methyl/N-ethyl adjacent to an activating group) is 1. The highest BCUT2D eigenvalue weighted by atomic mass is 16.2. The molecule has 0 aliphatic heterocycles. The number of rotatable bonds is 9. The summed E-state index contributed by atoms with van der Waals surface area (Å²) in [6.07, 6.45) is 1.33. The average Bonchev–Trinajstić information content (AvgIpc) is 2.60. The normalized spacial score (nSPS) is 13.2. The molecule has 138 valence electrons. The van der Waals surface area contributed by atoms with E-state index in [1.807, 2.05) is 51.1 Å². The van der Waals surface area contributed by atoms with Crippen LogP contribution in [0.2, 0.25) is 0 Å². The fourth-order valence-electron chi connectivity index (χ4n) is 2.70. The summed E-state index contributed by atoms with van der Waals surface area (Å²) in [6.45, 7) is 7.84. The number of ketones is 1. The summed E-state index contributed by atoms with van der Waals surface area (Å²) in [7, 11) is 1.53. The highest BCUT2D eigenvalue weighted by molar-refractivity contribution is 6.37. The lowest BCUT2D eigenvalue weighted by Gasteiger charge is -2.30. The van der Waals surface area contributed by atoms with Crippen molar-refractivity contribution in [2.45, 2.75) is 46.6 Å². The quantitative estimate of drug-likeness (QED) is 0.699. The van der Waals surface area contributed by atoms with Crippen LogP contribution in [0.4, 0.5) is 0 Å². The van der Waals surface area contributed by atoms with Gasteiger partial charge >= 0.3 is 0 Å². The van der Waals surface area contributed by atoms with Crippen molar-refractivity contribution in [3.63, 3.8) is 0 Å². The summed E-state index contributed by atoms with van der Waals surface area (Å²) in [5.74, 6) is -1.67. The summed E-state index contributed by atoms with van der Waals surface area (Å²) < 4.78 is 0. The third-order valence-corrected chi connectivity index (χ3v) is 4.46. The molecule has 5 heteroatoms. The first-order valence-corrected chi connectivity index (χ1v) is 8.92. The van der Waals surface area contributed by atoms with Crippen LogP contribution in [0.15, 0.2) is 30.3 Å². The molecule has 0 aliphatic rings. The van der Waals surface area contributed by atoms with Crippen LogP contribution in [-0.2, 0) is 20.8 Å². The maximum Gasteiger partial charge on any atom is 0.290 e. The minimum Gasteiger partial charge on any atom is -0.354 e. The van der Waals surface area contributed by atoms with E-state index in [0.29, 0.717) is 13.0 Å². The maximum absolute atomic E-state index is 12.6. The van der Waals surface area contributed by atoms with Gasteiger partial charge in [0.15, 0.2) is 0 Å². The Morgan fingerprint density at radius 1 is 1.08 bits per heavy atom. The molecule has 1 rings (SSSR count). The van der Waals surface area contributed by atoms with E-state index in [4.69, 9.17) is 0 Å². The van der Waals surface area contributed by atoms with Gasteiger partial charge in [0.1, 0.15) is 6.04 Å². The molecule has 0 fully saturated rings. The molecule has 0 radical (unpaired) electrons. The summed E-state index contributed by atoms with van der Waals surface area (Å²) >= 11 is 0. The topological polar surface area (TPSA) is 66.5 Å². The molecule has 2 amide bonds. The largest absolute Gasteiger partial charge is 0.354 e. The zero-order valence-corrected chi connectivity index (χ0v) is 15.9. The van der Waals surface area contributed by atoms with Gasteiger partial charge in [-0.15, -0.1) is 0 Å². The van der Waals surface area contributed by atoms with Crippen LogP contribution in [0.1, 0.15) is 39.7 Å². The third-order valence-electron chi connectivity index (χ3n) is 4.46. The lowest BCUT2D eigenvalue weighted by molar-refractivity contribution is -0.150. The zero-order valence-electron chi connectivity index (χ0n) is 15.9. The molecular formula is C20H30N2O3. The number of hydrogen-bond acceptors (Lipinski definition) is 3. The van der Waals surface area contributed by atoms with E-state index in [2.05, 4.69) is 5.32 Å². The van der Waals surface area contributed by atoms with Crippen LogP contribution < -0.4 is 5.32 Å². The number of carbonyl (C=O) groups is 3. The van der Waals surface area contributed by atoms with E-state index in [1.54, 1.807) is 6.92 Å². The van der Waals surface area contributed by atoms with E-state index >= 15 is 0 Å². The van der Waals surface area contributed by atoms with E-state index < -0.39 is 17.7 Å². The molecular weight excluding hydrogens is 316 g/mol. The second-order valence-electron chi connectivity index (χ2n) is 6.81. The minimum absolute atomic E-state index is 0.0876. The van der Waals surface area contributed by atoms with Gasteiger partial charge in [0.2, 0.25) is 11.7 Å². The van der Waals surface area contributed by atoms with Crippen LogP contribution in [0.3, 0.4) is 0 Å². The van der Waals surface area contributed by atoms with Crippen molar-refractivity contribution in [1.29, 1.82) is 0 Å². The smallest absolute Gasteiger partial charge is 0.290 e. The molecule has 1 aromatic carbocycles. The average molecular weight is 346 g/mol. The van der Waals surface area contributed by atoms with E-state index in [9.17, 15) is 14.4 Å². The number of Topliss-reactive ketones (excluding diaryl/α,β-unsaturated/α-hetero) is 1. The SMILES string of the molecule is CC[C@H](C)C(=O)C(=O)N(C)[C@H](C(=O)NCCc1ccccc1)C(C)C. The highest BCUT2D eigenvalue weighted by Gasteiger charge is 2.33. The first kappa shape index (κ1) is 20.9. The molecule has 0 aliphatic carbocycles. The molecule has 2 atom stereocenters. The number of hydrogen-bond donors (Lipinski definition) is 1. The van der Waals surface area contributed by atoms with Crippen LogP contribution in [-0.4, -0.2) is 42.1 Å². The Bertz CT molecular complexity index is 584. The van der Waals surface area contributed by atoms with Gasteiger partial charge in [-0.05, 0) is 24.3 Å². The van der Waals surface area contributed by atoms with Crippen LogP contribution in [0.5, 0.6) is 0 Å². The summed E-state index contributed by atoms with van der Waals surface area (Å²) in [4.78, 5) is 38.4. The van der Waals surface area contributed by atoms with Crippen LogP contribution >= 0.6 is 0 Å². The van der Waals surface area contributed by atoms with E-state index in [-0.39, 0.29) is 17.7 Å². The molecule has 0 saturated heterocycles. The van der Waals surface area contributed by atoms with Gasteiger partial charge in [0, 0.05) is 19.5 Å². The maximum atomic E-state index is 12.6. The molecule has 1 aromatic rings. The zero-order chi connectivity index (χ0) is 19.0. The lowest BCUT2D eigenvalue weighted by atomic mass is 9.98. The second-order valence-corrected chi connectivity index (χ2v) is 6.81. The molecule has 25 heavy (non-hydrogen) atoms. The molecule has 5 nitrogen and oxygen atoms in total. The Morgan fingerprint density at radius 2 is 1.68 bits per heavy atom. The Morgan fingerprint density at radius 3 is 2.20 bits per heavy atom. The molecule has 1 N–H and O–H groups in total. The molecule has 0 heterocycles. The van der Waals surface area contributed by atoms with Gasteiger partial charge in [-0.2, -0.15) is 0 Å². The summed E-state index contributed by atoms with van der Waals surface area (Å²) in [6, 6.07) is 9.23. The Kier molecular flexibility index (Phi) is 8.32. The predicted molar refractivity (Wildman–Crippen MR) is 99.0 cm³/mol. The van der Waals surface area contributed by atoms with Crippen molar-refractivity contribution < 1.29 is 14.4 Å². The number of nitrogens with one attached hydrogen (secondary N) is 1. The third kappa shape index (κ3) is 6.00. The van der Waals surface area contributed by atoms with Crippen LogP contribution in [0, 0.1) is 11.8 Å². The number of nitrogens with zero attached hydrogens (tertiary/aromatic N) is 1. The fraction of sp³-hybridized carbons (Fsp3) is 0.550. The van der Waals surface area contributed by atoms with Crippen LogP contribution in [0.25, 0.3) is 0 Å². The Balaban J connectivity index is 2.69. The van der Waals surface area contributed by atoms with E-state index in [0.717, 1.165) is 12.0 Å². The van der Waals surface area contributed by atoms with E-state index in [1.165, 1.54) is 11.9 Å².